The lowest BCUT2D eigenvalue weighted by molar-refractivity contribution is 0.108. The quantitative estimate of drug-likeness (QED) is 0.744. The minimum Gasteiger partial charge on any atom is -0.497 e. The first-order valence-electron chi connectivity index (χ1n) is 5.22. The van der Waals surface area contributed by atoms with E-state index in [2.05, 4.69) is 24.8 Å². The van der Waals surface area contributed by atoms with E-state index in [0.717, 1.165) is 25.2 Å². The normalized spacial score (nSPS) is 20.3. The second kappa shape index (κ2) is 4.32. The maximum Gasteiger partial charge on any atom is 0.111 e. The summed E-state index contributed by atoms with van der Waals surface area (Å²) in [7, 11) is 4.09. The Bertz CT molecular complexity index is 221. The van der Waals surface area contributed by atoms with E-state index in [0.29, 0.717) is 0 Å². The molecule has 3 nitrogen and oxygen atoms in total. The van der Waals surface area contributed by atoms with Crippen molar-refractivity contribution >= 4 is 0 Å². The minimum absolute atomic E-state index is 0.0437. The average molecular weight is 198 g/mol. The molecular formula is C11H22N2O. The van der Waals surface area contributed by atoms with Crippen molar-refractivity contribution in [3.05, 3.63) is 11.8 Å². The fraction of sp³-hybridized carbons (Fsp3) is 0.818. The van der Waals surface area contributed by atoms with Gasteiger partial charge in [0.15, 0.2) is 0 Å². The van der Waals surface area contributed by atoms with E-state index in [1.165, 1.54) is 0 Å². The molecule has 2 N–H and O–H groups in total. The standard InChI is InChI=1S/C11H22N2O/c1-11(2,13(3)4)10(12)9-7-5-6-8-14-9/h7,10H,5-6,8,12H2,1-4H3. The van der Waals surface area contributed by atoms with Crippen LogP contribution in [-0.2, 0) is 4.74 Å². The Labute approximate surface area is 86.9 Å². The van der Waals surface area contributed by atoms with Crippen molar-refractivity contribution in [3.8, 4) is 0 Å². The molecule has 0 aromatic heterocycles. The fourth-order valence-electron chi connectivity index (χ4n) is 1.42. The van der Waals surface area contributed by atoms with Crippen LogP contribution in [0.1, 0.15) is 26.7 Å². The van der Waals surface area contributed by atoms with Crippen LogP contribution in [-0.4, -0.2) is 37.2 Å². The van der Waals surface area contributed by atoms with Gasteiger partial charge in [0, 0.05) is 5.54 Å². The fourth-order valence-corrected chi connectivity index (χ4v) is 1.42. The molecule has 0 aromatic rings. The van der Waals surface area contributed by atoms with Gasteiger partial charge in [-0.15, -0.1) is 0 Å². The molecule has 0 aliphatic carbocycles. The molecule has 1 aliphatic rings. The molecule has 14 heavy (non-hydrogen) atoms. The summed E-state index contributed by atoms with van der Waals surface area (Å²) in [5, 5.41) is 0. The van der Waals surface area contributed by atoms with Crippen molar-refractivity contribution in [1.29, 1.82) is 0 Å². The summed E-state index contributed by atoms with van der Waals surface area (Å²) < 4.78 is 5.59. The van der Waals surface area contributed by atoms with Crippen molar-refractivity contribution in [2.75, 3.05) is 20.7 Å². The van der Waals surface area contributed by atoms with Crippen LogP contribution >= 0.6 is 0 Å². The zero-order valence-corrected chi connectivity index (χ0v) is 9.71. The van der Waals surface area contributed by atoms with Crippen LogP contribution in [0.3, 0.4) is 0 Å². The predicted molar refractivity (Wildman–Crippen MR) is 59.0 cm³/mol. The molecule has 0 aromatic carbocycles. The molecule has 1 rings (SSSR count). The predicted octanol–water partition coefficient (Wildman–Crippen LogP) is 1.35. The van der Waals surface area contributed by atoms with E-state index in [9.17, 15) is 0 Å². The zero-order chi connectivity index (χ0) is 10.8. The van der Waals surface area contributed by atoms with Crippen molar-refractivity contribution in [2.24, 2.45) is 5.73 Å². The van der Waals surface area contributed by atoms with E-state index >= 15 is 0 Å². The smallest absolute Gasteiger partial charge is 0.111 e. The number of rotatable bonds is 3. The first kappa shape index (κ1) is 11.5. The van der Waals surface area contributed by atoms with Gasteiger partial charge in [0.2, 0.25) is 0 Å². The number of nitrogens with two attached hydrogens (primary N) is 1. The molecule has 1 atom stereocenters. The molecule has 3 heteroatoms. The Morgan fingerprint density at radius 2 is 2.14 bits per heavy atom. The van der Waals surface area contributed by atoms with Gasteiger partial charge in [0.25, 0.3) is 0 Å². The van der Waals surface area contributed by atoms with Gasteiger partial charge >= 0.3 is 0 Å². The molecule has 1 aliphatic heterocycles. The van der Waals surface area contributed by atoms with Gasteiger partial charge in [-0.1, -0.05) is 0 Å². The van der Waals surface area contributed by atoms with Crippen LogP contribution < -0.4 is 5.73 Å². The number of likely N-dealkylation sites (N-methyl/N-ethyl adjacent to an activating group) is 1. The van der Waals surface area contributed by atoms with Gasteiger partial charge in [-0.25, -0.2) is 0 Å². The van der Waals surface area contributed by atoms with Crippen LogP contribution in [0.2, 0.25) is 0 Å². The molecule has 0 spiro atoms. The lowest BCUT2D eigenvalue weighted by atomic mass is 9.91. The average Bonchev–Trinajstić information content (AvgIpc) is 2.17. The van der Waals surface area contributed by atoms with Crippen LogP contribution in [0.15, 0.2) is 11.8 Å². The van der Waals surface area contributed by atoms with Gasteiger partial charge in [0.1, 0.15) is 5.76 Å². The second-order valence-electron chi connectivity index (χ2n) is 4.62. The SMILES string of the molecule is CN(C)C(C)(C)C(N)C1=CCCCO1. The van der Waals surface area contributed by atoms with Gasteiger partial charge in [-0.2, -0.15) is 0 Å². The lowest BCUT2D eigenvalue weighted by Crippen LogP contribution is -2.54. The molecule has 0 radical (unpaired) electrons. The number of hydrogen-bond acceptors (Lipinski definition) is 3. The molecule has 0 bridgehead atoms. The van der Waals surface area contributed by atoms with E-state index in [4.69, 9.17) is 10.5 Å². The van der Waals surface area contributed by atoms with Gasteiger partial charge in [-0.05, 0) is 46.9 Å². The Morgan fingerprint density at radius 1 is 1.50 bits per heavy atom. The van der Waals surface area contributed by atoms with Gasteiger partial charge < -0.3 is 15.4 Å². The summed E-state index contributed by atoms with van der Waals surface area (Å²) in [6.07, 6.45) is 4.32. The molecule has 82 valence electrons. The summed E-state index contributed by atoms with van der Waals surface area (Å²) in [6, 6.07) is -0.0437. The summed E-state index contributed by atoms with van der Waals surface area (Å²) in [6.45, 7) is 5.08. The highest BCUT2D eigenvalue weighted by Gasteiger charge is 2.32. The van der Waals surface area contributed by atoms with Crippen molar-refractivity contribution in [3.63, 3.8) is 0 Å². The molecular weight excluding hydrogens is 176 g/mol. The monoisotopic (exact) mass is 198 g/mol. The maximum absolute atomic E-state index is 6.19. The largest absolute Gasteiger partial charge is 0.497 e. The Balaban J connectivity index is 2.72. The third-order valence-electron chi connectivity index (χ3n) is 3.18. The third kappa shape index (κ3) is 2.28. The Hall–Kier alpha value is -0.540. The molecule has 0 amide bonds. The second-order valence-corrected chi connectivity index (χ2v) is 4.62. The van der Waals surface area contributed by atoms with E-state index in [1.807, 2.05) is 14.1 Å². The minimum atomic E-state index is -0.0663. The number of ether oxygens (including phenoxy) is 1. The molecule has 1 heterocycles. The number of nitrogens with zero attached hydrogens (tertiary/aromatic N) is 1. The number of hydrogen-bond donors (Lipinski definition) is 1. The van der Waals surface area contributed by atoms with Gasteiger partial charge in [-0.3, -0.25) is 0 Å². The van der Waals surface area contributed by atoms with Gasteiger partial charge in [0.05, 0.1) is 12.6 Å². The summed E-state index contributed by atoms with van der Waals surface area (Å²) in [5.74, 6) is 0.954. The molecule has 0 saturated carbocycles. The van der Waals surface area contributed by atoms with Crippen LogP contribution in [0.25, 0.3) is 0 Å². The third-order valence-corrected chi connectivity index (χ3v) is 3.18. The first-order chi connectivity index (χ1) is 6.46. The summed E-state index contributed by atoms with van der Waals surface area (Å²) >= 11 is 0. The highest BCUT2D eigenvalue weighted by Crippen LogP contribution is 2.23. The topological polar surface area (TPSA) is 38.5 Å². The van der Waals surface area contributed by atoms with E-state index in [1.54, 1.807) is 0 Å². The van der Waals surface area contributed by atoms with Crippen molar-refractivity contribution in [2.45, 2.75) is 38.3 Å². The molecule has 0 fully saturated rings. The van der Waals surface area contributed by atoms with Crippen LogP contribution in [0.4, 0.5) is 0 Å². The Kier molecular flexibility index (Phi) is 3.56. The van der Waals surface area contributed by atoms with Crippen LogP contribution in [0.5, 0.6) is 0 Å². The molecule has 0 saturated heterocycles. The van der Waals surface area contributed by atoms with Crippen LogP contribution in [0, 0.1) is 0 Å². The van der Waals surface area contributed by atoms with Crippen molar-refractivity contribution in [1.82, 2.24) is 4.90 Å². The summed E-state index contributed by atoms with van der Waals surface area (Å²) in [5.41, 5.74) is 6.13. The van der Waals surface area contributed by atoms with E-state index in [-0.39, 0.29) is 11.6 Å². The highest BCUT2D eigenvalue weighted by molar-refractivity contribution is 5.12. The van der Waals surface area contributed by atoms with E-state index < -0.39 is 0 Å². The Morgan fingerprint density at radius 3 is 2.57 bits per heavy atom. The number of allylic oxidation sites excluding steroid dienone is 1. The zero-order valence-electron chi connectivity index (χ0n) is 9.71. The lowest BCUT2D eigenvalue weighted by Gasteiger charge is -2.39. The highest BCUT2D eigenvalue weighted by atomic mass is 16.5. The first-order valence-corrected chi connectivity index (χ1v) is 5.22. The van der Waals surface area contributed by atoms with Crippen molar-refractivity contribution < 1.29 is 4.74 Å². The maximum atomic E-state index is 6.19. The molecule has 1 unspecified atom stereocenters. The summed E-state index contributed by atoms with van der Waals surface area (Å²) in [4.78, 5) is 2.14.